The molecule has 0 bridgehead atoms. The van der Waals surface area contributed by atoms with Gasteiger partial charge in [0.1, 0.15) is 13.2 Å². The molecule has 0 saturated heterocycles. The average Bonchev–Trinajstić information content (AvgIpc) is 2.74. The predicted molar refractivity (Wildman–Crippen MR) is 163 cm³/mol. The van der Waals surface area contributed by atoms with Crippen LogP contribution in [0.25, 0.3) is 0 Å². The summed E-state index contributed by atoms with van der Waals surface area (Å²) in [5.74, 6) is -0.330. The maximum atomic E-state index is 11.8. The number of rotatable bonds is 6. The van der Waals surface area contributed by atoms with E-state index in [2.05, 4.69) is 59.7 Å². The molecule has 0 atom stereocenters. The Balaban J connectivity index is 0.000000380. The molecule has 0 fully saturated rings. The summed E-state index contributed by atoms with van der Waals surface area (Å²) in [7, 11) is 0. The van der Waals surface area contributed by atoms with E-state index < -0.39 is 10.8 Å². The highest BCUT2D eigenvalue weighted by atomic mass is 32.2. The lowest BCUT2D eigenvalue weighted by Crippen LogP contribution is -2.22. The smallest absolute Gasteiger partial charge is 0.311 e. The molecule has 6 heteroatoms. The first kappa shape index (κ1) is 34.1. The summed E-state index contributed by atoms with van der Waals surface area (Å²) in [6, 6.07) is 16.3. The zero-order valence-corrected chi connectivity index (χ0v) is 27.1. The molecule has 2 aromatic carbocycles. The standard InChI is InChI=1S/2C16H24O2S/c1-15(2,3)14(17)18-11-12-7-9-13(10-8-12)19-16(4,5)6;1-15(2,3)14(17)18-11-12-9-7-8-10-13(12)19-16(4,5)6/h2*7-10H,11H2,1-6H3. The Morgan fingerprint density at radius 2 is 1.05 bits per heavy atom. The summed E-state index contributed by atoms with van der Waals surface area (Å²) < 4.78 is 11.0. The van der Waals surface area contributed by atoms with Gasteiger partial charge in [-0.15, -0.1) is 23.5 Å². The van der Waals surface area contributed by atoms with Crippen LogP contribution in [0.2, 0.25) is 0 Å². The molecule has 212 valence electrons. The molecule has 0 aliphatic carbocycles. The van der Waals surface area contributed by atoms with Crippen LogP contribution in [0, 0.1) is 10.8 Å². The lowest BCUT2D eigenvalue weighted by molar-refractivity contribution is -0.155. The number of hydrogen-bond acceptors (Lipinski definition) is 6. The Hall–Kier alpha value is -1.92. The van der Waals surface area contributed by atoms with Crippen molar-refractivity contribution in [3.8, 4) is 0 Å². The van der Waals surface area contributed by atoms with E-state index in [0.717, 1.165) is 11.1 Å². The Morgan fingerprint density at radius 3 is 1.50 bits per heavy atom. The van der Waals surface area contributed by atoms with E-state index in [-0.39, 0.29) is 21.4 Å². The maximum Gasteiger partial charge on any atom is 0.311 e. The van der Waals surface area contributed by atoms with Crippen molar-refractivity contribution in [2.24, 2.45) is 10.8 Å². The summed E-state index contributed by atoms with van der Waals surface area (Å²) in [5, 5.41) is 0. The highest BCUT2D eigenvalue weighted by molar-refractivity contribution is 8.00. The van der Waals surface area contributed by atoms with Gasteiger partial charge < -0.3 is 9.47 Å². The van der Waals surface area contributed by atoms with Crippen molar-refractivity contribution in [1.82, 2.24) is 0 Å². The fourth-order valence-electron chi connectivity index (χ4n) is 2.78. The summed E-state index contributed by atoms with van der Waals surface area (Å²) >= 11 is 3.63. The number of ether oxygens (including phenoxy) is 2. The van der Waals surface area contributed by atoms with Crippen molar-refractivity contribution >= 4 is 35.5 Å². The van der Waals surface area contributed by atoms with E-state index in [0.29, 0.717) is 13.2 Å². The van der Waals surface area contributed by atoms with Crippen LogP contribution in [0.15, 0.2) is 58.3 Å². The summed E-state index contributed by atoms with van der Waals surface area (Å²) in [6.07, 6.45) is 0. The lowest BCUT2D eigenvalue weighted by atomic mass is 9.97. The van der Waals surface area contributed by atoms with Gasteiger partial charge in [0.25, 0.3) is 0 Å². The number of benzene rings is 2. The van der Waals surface area contributed by atoms with Crippen LogP contribution in [0.3, 0.4) is 0 Å². The van der Waals surface area contributed by atoms with Gasteiger partial charge in [-0.25, -0.2) is 0 Å². The molecular formula is C32H48O4S2. The van der Waals surface area contributed by atoms with Gasteiger partial charge >= 0.3 is 11.9 Å². The van der Waals surface area contributed by atoms with Crippen LogP contribution < -0.4 is 0 Å². The zero-order valence-electron chi connectivity index (χ0n) is 25.5. The molecule has 0 aromatic heterocycles. The van der Waals surface area contributed by atoms with Crippen molar-refractivity contribution in [2.75, 3.05) is 0 Å². The Morgan fingerprint density at radius 1 is 0.605 bits per heavy atom. The van der Waals surface area contributed by atoms with Gasteiger partial charge in [-0.2, -0.15) is 0 Å². The monoisotopic (exact) mass is 560 g/mol. The number of thioether (sulfide) groups is 2. The fourth-order valence-corrected chi connectivity index (χ4v) is 4.83. The number of esters is 2. The highest BCUT2D eigenvalue weighted by Crippen LogP contribution is 2.34. The van der Waals surface area contributed by atoms with Crippen LogP contribution >= 0.6 is 23.5 Å². The normalized spacial score (nSPS) is 12.3. The number of hydrogen-bond donors (Lipinski definition) is 0. The first-order valence-electron chi connectivity index (χ1n) is 13.1. The van der Waals surface area contributed by atoms with Crippen molar-refractivity contribution in [3.63, 3.8) is 0 Å². The average molecular weight is 561 g/mol. The van der Waals surface area contributed by atoms with E-state index in [1.54, 1.807) is 11.8 Å². The SMILES string of the molecule is CC(C)(C)Sc1ccc(COC(=O)C(C)(C)C)cc1.CC(C)(C)Sc1ccccc1COC(=O)C(C)(C)C. The topological polar surface area (TPSA) is 52.6 Å². The van der Waals surface area contributed by atoms with Gasteiger partial charge in [0, 0.05) is 24.8 Å². The molecule has 0 aliphatic rings. The van der Waals surface area contributed by atoms with Crippen LogP contribution in [0.5, 0.6) is 0 Å². The van der Waals surface area contributed by atoms with Crippen molar-refractivity contribution in [1.29, 1.82) is 0 Å². The Kier molecular flexibility index (Phi) is 12.5. The fraction of sp³-hybridized carbons (Fsp3) is 0.562. The molecule has 0 spiro atoms. The second kappa shape index (κ2) is 13.9. The Bertz CT molecular complexity index is 1030. The molecule has 4 nitrogen and oxygen atoms in total. The summed E-state index contributed by atoms with van der Waals surface area (Å²) in [4.78, 5) is 25.9. The van der Waals surface area contributed by atoms with Gasteiger partial charge in [-0.3, -0.25) is 9.59 Å². The van der Waals surface area contributed by atoms with Crippen LogP contribution in [0.4, 0.5) is 0 Å². The van der Waals surface area contributed by atoms with Gasteiger partial charge in [-0.1, -0.05) is 71.9 Å². The molecule has 0 unspecified atom stereocenters. The molecule has 2 aromatic rings. The van der Waals surface area contributed by atoms with Gasteiger partial charge in [0.2, 0.25) is 0 Å². The molecule has 0 N–H and O–H groups in total. The second-order valence-corrected chi connectivity index (χ2v) is 17.1. The molecule has 0 aliphatic heterocycles. The van der Waals surface area contributed by atoms with E-state index in [1.165, 1.54) is 9.79 Å². The van der Waals surface area contributed by atoms with Gasteiger partial charge in [-0.05, 0) is 65.3 Å². The summed E-state index contributed by atoms with van der Waals surface area (Å²) in [6.45, 7) is 25.0. The minimum Gasteiger partial charge on any atom is -0.460 e. The lowest BCUT2D eigenvalue weighted by Gasteiger charge is -2.21. The maximum absolute atomic E-state index is 11.8. The van der Waals surface area contributed by atoms with E-state index in [4.69, 9.17) is 9.47 Å². The molecule has 2 rings (SSSR count). The van der Waals surface area contributed by atoms with Gasteiger partial charge in [0.15, 0.2) is 0 Å². The van der Waals surface area contributed by atoms with Gasteiger partial charge in [0.05, 0.1) is 10.8 Å². The highest BCUT2D eigenvalue weighted by Gasteiger charge is 2.24. The van der Waals surface area contributed by atoms with E-state index >= 15 is 0 Å². The third-order valence-electron chi connectivity index (χ3n) is 4.69. The molecule has 0 amide bonds. The summed E-state index contributed by atoms with van der Waals surface area (Å²) in [5.41, 5.74) is 1.20. The minimum absolute atomic E-state index is 0.143. The van der Waals surface area contributed by atoms with E-state index in [9.17, 15) is 9.59 Å². The third-order valence-corrected chi connectivity index (χ3v) is 7.04. The van der Waals surface area contributed by atoms with Crippen LogP contribution in [-0.4, -0.2) is 21.4 Å². The molecule has 38 heavy (non-hydrogen) atoms. The minimum atomic E-state index is -0.452. The van der Waals surface area contributed by atoms with Crippen molar-refractivity contribution < 1.29 is 19.1 Å². The third kappa shape index (κ3) is 14.3. The Labute approximate surface area is 240 Å². The first-order chi connectivity index (χ1) is 17.2. The molecular weight excluding hydrogens is 512 g/mol. The quantitative estimate of drug-likeness (QED) is 0.259. The second-order valence-electron chi connectivity index (χ2n) is 13.3. The predicted octanol–water partition coefficient (Wildman–Crippen LogP) is 9.33. The van der Waals surface area contributed by atoms with E-state index in [1.807, 2.05) is 83.6 Å². The van der Waals surface area contributed by atoms with Crippen LogP contribution in [0.1, 0.15) is 94.2 Å². The number of carbonyl (C=O) groups excluding carboxylic acids is 2. The first-order valence-corrected chi connectivity index (χ1v) is 14.7. The molecule has 0 saturated carbocycles. The zero-order chi connectivity index (χ0) is 29.4. The number of carbonyl (C=O) groups is 2. The molecule has 0 heterocycles. The van der Waals surface area contributed by atoms with Crippen LogP contribution in [-0.2, 0) is 32.3 Å². The van der Waals surface area contributed by atoms with Crippen molar-refractivity contribution in [3.05, 3.63) is 59.7 Å². The molecule has 0 radical (unpaired) electrons. The largest absolute Gasteiger partial charge is 0.460 e. The van der Waals surface area contributed by atoms with Crippen molar-refractivity contribution in [2.45, 2.75) is 116 Å².